The van der Waals surface area contributed by atoms with Crippen molar-refractivity contribution < 1.29 is 19.1 Å². The summed E-state index contributed by atoms with van der Waals surface area (Å²) in [6.45, 7) is 5.53. The lowest BCUT2D eigenvalue weighted by Crippen LogP contribution is -2.45. The molecule has 6 nitrogen and oxygen atoms in total. The summed E-state index contributed by atoms with van der Waals surface area (Å²) in [5, 5.41) is 5.97. The third-order valence-electron chi connectivity index (χ3n) is 4.12. The van der Waals surface area contributed by atoms with Crippen LogP contribution in [0.3, 0.4) is 0 Å². The van der Waals surface area contributed by atoms with Crippen LogP contribution in [0.25, 0.3) is 0 Å². The van der Waals surface area contributed by atoms with Gasteiger partial charge in [0.25, 0.3) is 5.91 Å². The summed E-state index contributed by atoms with van der Waals surface area (Å²) in [5.41, 5.74) is 0.0970. The van der Waals surface area contributed by atoms with Gasteiger partial charge in [-0.1, -0.05) is 6.07 Å². The lowest BCUT2D eigenvalue weighted by atomic mass is 9.91. The van der Waals surface area contributed by atoms with E-state index in [1.807, 2.05) is 26.8 Å². The van der Waals surface area contributed by atoms with E-state index in [4.69, 9.17) is 9.47 Å². The van der Waals surface area contributed by atoms with Crippen LogP contribution < -0.4 is 15.4 Å². The topological polar surface area (TPSA) is 76.7 Å². The number of amides is 2. The molecular weight excluding hydrogens is 320 g/mol. The van der Waals surface area contributed by atoms with Crippen molar-refractivity contribution in [2.45, 2.75) is 64.1 Å². The van der Waals surface area contributed by atoms with Crippen LogP contribution in [0.2, 0.25) is 0 Å². The molecule has 1 fully saturated rings. The molecule has 0 bridgehead atoms. The fourth-order valence-corrected chi connectivity index (χ4v) is 2.89. The first-order valence-corrected chi connectivity index (χ1v) is 8.71. The molecule has 1 aliphatic rings. The van der Waals surface area contributed by atoms with Crippen molar-refractivity contribution >= 4 is 12.0 Å². The van der Waals surface area contributed by atoms with Crippen LogP contribution in [0, 0.1) is 0 Å². The van der Waals surface area contributed by atoms with Gasteiger partial charge in [-0.25, -0.2) is 4.79 Å². The highest BCUT2D eigenvalue weighted by Gasteiger charge is 2.25. The highest BCUT2D eigenvalue weighted by molar-refractivity contribution is 5.94. The van der Waals surface area contributed by atoms with Gasteiger partial charge in [-0.3, -0.25) is 4.79 Å². The maximum absolute atomic E-state index is 12.3. The smallest absolute Gasteiger partial charge is 0.407 e. The minimum absolute atomic E-state index is 0.0950. The molecule has 2 rings (SSSR count). The van der Waals surface area contributed by atoms with Crippen LogP contribution in [0.1, 0.15) is 56.8 Å². The van der Waals surface area contributed by atoms with Crippen molar-refractivity contribution in [1.82, 2.24) is 10.6 Å². The summed E-state index contributed by atoms with van der Waals surface area (Å²) in [4.78, 5) is 24.2. The molecule has 1 aromatic carbocycles. The number of alkyl carbamates (subject to hydrolysis) is 1. The van der Waals surface area contributed by atoms with E-state index in [9.17, 15) is 9.59 Å². The Labute approximate surface area is 149 Å². The zero-order chi connectivity index (χ0) is 18.4. The van der Waals surface area contributed by atoms with Crippen molar-refractivity contribution in [1.29, 1.82) is 0 Å². The summed E-state index contributed by atoms with van der Waals surface area (Å²) in [7, 11) is 1.58. The third-order valence-corrected chi connectivity index (χ3v) is 4.12. The molecule has 0 spiro atoms. The highest BCUT2D eigenvalue weighted by Crippen LogP contribution is 2.20. The maximum Gasteiger partial charge on any atom is 0.407 e. The standard InChI is InChI=1S/C19H28N2O4/c1-19(2,3)25-18(23)21-15-10-8-14(9-11-15)20-17(22)13-6-5-7-16(12-13)24-4/h5-7,12,14-15H,8-11H2,1-4H3,(H,20,22)(H,21,23). The van der Waals surface area contributed by atoms with Crippen LogP contribution in [0.4, 0.5) is 4.79 Å². The van der Waals surface area contributed by atoms with Crippen molar-refractivity contribution in [3.05, 3.63) is 29.8 Å². The third kappa shape index (κ3) is 6.29. The minimum Gasteiger partial charge on any atom is -0.497 e. The van der Waals surface area contributed by atoms with Gasteiger partial charge in [0.1, 0.15) is 11.4 Å². The van der Waals surface area contributed by atoms with Crippen molar-refractivity contribution in [3.8, 4) is 5.75 Å². The van der Waals surface area contributed by atoms with E-state index >= 15 is 0 Å². The number of hydrogen-bond donors (Lipinski definition) is 2. The lowest BCUT2D eigenvalue weighted by molar-refractivity contribution is 0.0488. The monoisotopic (exact) mass is 348 g/mol. The first kappa shape index (κ1) is 19.1. The number of hydrogen-bond acceptors (Lipinski definition) is 4. The Morgan fingerprint density at radius 1 is 1.04 bits per heavy atom. The van der Waals surface area contributed by atoms with Gasteiger partial charge >= 0.3 is 6.09 Å². The molecule has 0 aromatic heterocycles. The second-order valence-corrected chi connectivity index (χ2v) is 7.40. The van der Waals surface area contributed by atoms with Crippen LogP contribution >= 0.6 is 0 Å². The van der Waals surface area contributed by atoms with E-state index in [0.717, 1.165) is 25.7 Å². The Morgan fingerprint density at radius 2 is 1.64 bits per heavy atom. The van der Waals surface area contributed by atoms with Crippen LogP contribution in [0.5, 0.6) is 5.75 Å². The molecule has 0 atom stereocenters. The van der Waals surface area contributed by atoms with Crippen molar-refractivity contribution in [2.75, 3.05) is 7.11 Å². The molecule has 0 aliphatic heterocycles. The summed E-state index contributed by atoms with van der Waals surface area (Å²) in [6, 6.07) is 7.33. The fourth-order valence-electron chi connectivity index (χ4n) is 2.89. The predicted octanol–water partition coefficient (Wildman–Crippen LogP) is 3.26. The molecule has 6 heteroatoms. The summed E-state index contributed by atoms with van der Waals surface area (Å²) < 4.78 is 10.4. The molecule has 1 saturated carbocycles. The van der Waals surface area contributed by atoms with E-state index in [0.29, 0.717) is 11.3 Å². The quantitative estimate of drug-likeness (QED) is 0.875. The molecule has 0 unspecified atom stereocenters. The average molecular weight is 348 g/mol. The van der Waals surface area contributed by atoms with E-state index in [1.54, 1.807) is 25.3 Å². The summed E-state index contributed by atoms with van der Waals surface area (Å²) in [5.74, 6) is 0.570. The lowest BCUT2D eigenvalue weighted by Gasteiger charge is -2.30. The Bertz CT molecular complexity index is 602. The number of methoxy groups -OCH3 is 1. The van der Waals surface area contributed by atoms with Gasteiger partial charge in [-0.2, -0.15) is 0 Å². The van der Waals surface area contributed by atoms with E-state index in [1.165, 1.54) is 0 Å². The van der Waals surface area contributed by atoms with Gasteiger partial charge in [-0.15, -0.1) is 0 Å². The second kappa shape index (κ2) is 8.23. The first-order chi connectivity index (χ1) is 11.8. The van der Waals surface area contributed by atoms with Gasteiger partial charge in [-0.05, 0) is 64.7 Å². The largest absolute Gasteiger partial charge is 0.497 e. The number of carbonyl (C=O) groups excluding carboxylic acids is 2. The SMILES string of the molecule is COc1cccc(C(=O)NC2CCC(NC(=O)OC(C)(C)C)CC2)c1. The number of benzene rings is 1. The van der Waals surface area contributed by atoms with E-state index in [-0.39, 0.29) is 24.1 Å². The van der Waals surface area contributed by atoms with Crippen LogP contribution in [0.15, 0.2) is 24.3 Å². The van der Waals surface area contributed by atoms with Crippen molar-refractivity contribution in [2.24, 2.45) is 0 Å². The molecule has 0 saturated heterocycles. The Kier molecular flexibility index (Phi) is 6.28. The Balaban J connectivity index is 1.78. The predicted molar refractivity (Wildman–Crippen MR) is 95.9 cm³/mol. The van der Waals surface area contributed by atoms with E-state index in [2.05, 4.69) is 10.6 Å². The number of ether oxygens (including phenoxy) is 2. The van der Waals surface area contributed by atoms with Gasteiger partial charge in [0.15, 0.2) is 0 Å². The fraction of sp³-hybridized carbons (Fsp3) is 0.579. The zero-order valence-electron chi connectivity index (χ0n) is 15.4. The normalized spacial score (nSPS) is 20.5. The molecule has 2 amide bonds. The van der Waals surface area contributed by atoms with E-state index < -0.39 is 5.60 Å². The summed E-state index contributed by atoms with van der Waals surface area (Å²) in [6.07, 6.45) is 2.92. The molecule has 2 N–H and O–H groups in total. The number of rotatable bonds is 4. The van der Waals surface area contributed by atoms with Gasteiger partial charge in [0.2, 0.25) is 0 Å². The van der Waals surface area contributed by atoms with Crippen molar-refractivity contribution in [3.63, 3.8) is 0 Å². The second-order valence-electron chi connectivity index (χ2n) is 7.40. The zero-order valence-corrected chi connectivity index (χ0v) is 15.4. The van der Waals surface area contributed by atoms with Crippen LogP contribution in [-0.2, 0) is 4.74 Å². The highest BCUT2D eigenvalue weighted by atomic mass is 16.6. The molecule has 0 radical (unpaired) electrons. The molecule has 138 valence electrons. The maximum atomic E-state index is 12.3. The van der Waals surface area contributed by atoms with Gasteiger partial charge in [0, 0.05) is 17.6 Å². The Morgan fingerprint density at radius 3 is 2.20 bits per heavy atom. The van der Waals surface area contributed by atoms with Gasteiger partial charge in [0.05, 0.1) is 7.11 Å². The van der Waals surface area contributed by atoms with Crippen LogP contribution in [-0.4, -0.2) is 36.8 Å². The average Bonchev–Trinajstić information content (AvgIpc) is 2.55. The Hall–Kier alpha value is -2.24. The summed E-state index contributed by atoms with van der Waals surface area (Å²) >= 11 is 0. The van der Waals surface area contributed by atoms with Gasteiger partial charge < -0.3 is 20.1 Å². The molecule has 0 heterocycles. The minimum atomic E-state index is -0.494. The molecule has 1 aliphatic carbocycles. The number of nitrogens with one attached hydrogen (secondary N) is 2. The first-order valence-electron chi connectivity index (χ1n) is 8.71. The number of carbonyl (C=O) groups is 2. The molecule has 1 aromatic rings. The molecular formula is C19H28N2O4. The molecule has 25 heavy (non-hydrogen) atoms.